The number of nitrogens with zero attached hydrogens (tertiary/aromatic N) is 4. The fourth-order valence-corrected chi connectivity index (χ4v) is 3.65. The second-order valence-electron chi connectivity index (χ2n) is 7.55. The molecule has 2 aliphatic rings. The molecule has 2 aromatic heterocycles. The van der Waals surface area contributed by atoms with Crippen LogP contribution in [0.1, 0.15) is 37.1 Å². The summed E-state index contributed by atoms with van der Waals surface area (Å²) in [6, 6.07) is -2.53. The monoisotopic (exact) mass is 518 g/mol. The largest absolute Gasteiger partial charge is 1.00 e. The van der Waals surface area contributed by atoms with Gasteiger partial charge in [-0.1, -0.05) is 0 Å². The molecular weight excluding hydrogens is 498 g/mol. The van der Waals surface area contributed by atoms with Gasteiger partial charge in [-0.2, -0.15) is 0 Å². The van der Waals surface area contributed by atoms with Gasteiger partial charge in [-0.25, -0.2) is 9.97 Å². The minimum absolute atomic E-state index is 0. The Kier molecular flexibility index (Phi) is 12.7. The smallest absolute Gasteiger partial charge is 0.548 e. The number of aromatic amines is 2. The van der Waals surface area contributed by atoms with Crippen LogP contribution >= 0.6 is 0 Å². The molecule has 2 N–H and O–H groups in total. The van der Waals surface area contributed by atoms with Gasteiger partial charge < -0.3 is 29.8 Å². The second kappa shape index (κ2) is 14.4. The molecule has 36 heavy (non-hydrogen) atoms. The van der Waals surface area contributed by atoms with Gasteiger partial charge in [-0.3, -0.25) is 29.0 Å². The predicted octanol–water partition coefficient (Wildman–Crippen LogP) is -9.55. The number of likely N-dealkylation sites (tertiary alicyclic amines) is 2. The van der Waals surface area contributed by atoms with Gasteiger partial charge in [-0.15, -0.1) is 0 Å². The van der Waals surface area contributed by atoms with E-state index in [4.69, 9.17) is 0 Å². The van der Waals surface area contributed by atoms with Gasteiger partial charge in [0, 0.05) is 62.3 Å². The minimum Gasteiger partial charge on any atom is -0.548 e. The summed E-state index contributed by atoms with van der Waals surface area (Å²) in [6.45, 7) is 0. The third-order valence-electron chi connectivity index (χ3n) is 5.28. The molecule has 0 aromatic carbocycles. The van der Waals surface area contributed by atoms with Crippen LogP contribution in [0.15, 0.2) is 25.0 Å². The van der Waals surface area contributed by atoms with Crippen LogP contribution in [0.3, 0.4) is 0 Å². The fourth-order valence-electron chi connectivity index (χ4n) is 3.65. The maximum atomic E-state index is 11.4. The van der Waals surface area contributed by atoms with Crippen LogP contribution in [0.4, 0.5) is 0 Å². The Balaban J connectivity index is 0.000000341. The van der Waals surface area contributed by atoms with Crippen molar-refractivity contribution in [2.45, 2.75) is 50.6 Å². The molecule has 2 fully saturated rings. The standard InChI is InChI=1S/2C10H11N3O4.2Na/c2*14-8-1-2-9(15)13(8)7(10(16)17)3-6-4-11-5-12-6;;/h2*4-5,7H,1-3H2,(H,11,12)(H,16,17);;/q;;2*+1/p-2/t2*7-;;/m00../s1. The first-order chi connectivity index (χ1) is 16.2. The molecule has 0 aliphatic carbocycles. The van der Waals surface area contributed by atoms with E-state index in [0.29, 0.717) is 11.4 Å². The molecule has 2 saturated heterocycles. The Morgan fingerprint density at radius 1 is 0.722 bits per heavy atom. The van der Waals surface area contributed by atoms with Crippen molar-refractivity contribution in [1.29, 1.82) is 0 Å². The number of H-pyrrole nitrogens is 2. The molecule has 4 amide bonds. The van der Waals surface area contributed by atoms with Gasteiger partial charge in [0.05, 0.1) is 36.7 Å². The van der Waals surface area contributed by atoms with Crippen molar-refractivity contribution in [3.63, 3.8) is 0 Å². The first-order valence-electron chi connectivity index (χ1n) is 10.2. The van der Waals surface area contributed by atoms with E-state index in [1.165, 1.54) is 25.0 Å². The van der Waals surface area contributed by atoms with E-state index in [0.717, 1.165) is 9.80 Å². The number of amides is 4. The molecule has 2 aliphatic heterocycles. The van der Waals surface area contributed by atoms with Crippen molar-refractivity contribution < 1.29 is 98.1 Å². The second-order valence-corrected chi connectivity index (χ2v) is 7.55. The van der Waals surface area contributed by atoms with Gasteiger partial charge in [-0.05, 0) is 0 Å². The fraction of sp³-hybridized carbons (Fsp3) is 0.400. The molecule has 4 heterocycles. The number of imide groups is 2. The van der Waals surface area contributed by atoms with Crippen LogP contribution in [0.5, 0.6) is 0 Å². The first kappa shape index (κ1) is 31.7. The van der Waals surface area contributed by atoms with Crippen molar-refractivity contribution in [2.75, 3.05) is 0 Å². The van der Waals surface area contributed by atoms with Gasteiger partial charge >= 0.3 is 59.1 Å². The van der Waals surface area contributed by atoms with Gasteiger partial charge in [0.2, 0.25) is 23.6 Å². The van der Waals surface area contributed by atoms with Crippen molar-refractivity contribution in [3.8, 4) is 0 Å². The van der Waals surface area contributed by atoms with E-state index in [1.54, 1.807) is 0 Å². The zero-order valence-corrected chi connectivity index (χ0v) is 23.8. The van der Waals surface area contributed by atoms with Crippen LogP contribution in [0.2, 0.25) is 0 Å². The van der Waals surface area contributed by atoms with Crippen molar-refractivity contribution in [2.24, 2.45) is 0 Å². The number of hydrogen-bond acceptors (Lipinski definition) is 10. The van der Waals surface area contributed by atoms with Crippen LogP contribution < -0.4 is 69.3 Å². The molecule has 0 spiro atoms. The number of carboxylic acids is 2. The molecule has 0 radical (unpaired) electrons. The molecule has 2 aromatic rings. The average Bonchev–Trinajstić information content (AvgIpc) is 3.57. The molecule has 0 unspecified atom stereocenters. The Morgan fingerprint density at radius 3 is 1.25 bits per heavy atom. The topological polar surface area (TPSA) is 212 Å². The van der Waals surface area contributed by atoms with E-state index in [2.05, 4.69) is 19.9 Å². The molecule has 2 atom stereocenters. The SMILES string of the molecule is O=C([O-])[C@H](Cc1cnc[nH]1)N1C(=O)CCC1=O.O=C([O-])[C@H](Cc1cnc[nH]1)N1C(=O)CCC1=O.[Na+].[Na+]. The summed E-state index contributed by atoms with van der Waals surface area (Å²) in [5.41, 5.74) is 1.07. The summed E-state index contributed by atoms with van der Waals surface area (Å²) >= 11 is 0. The maximum absolute atomic E-state index is 11.4. The molecule has 0 saturated carbocycles. The van der Waals surface area contributed by atoms with Crippen LogP contribution in [0.25, 0.3) is 0 Å². The van der Waals surface area contributed by atoms with Crippen molar-refractivity contribution in [1.82, 2.24) is 29.7 Å². The van der Waals surface area contributed by atoms with E-state index < -0.39 is 47.7 Å². The normalized spacial score (nSPS) is 16.6. The van der Waals surface area contributed by atoms with E-state index in [1.807, 2.05) is 0 Å². The summed E-state index contributed by atoms with van der Waals surface area (Å²) in [5, 5.41) is 22.0. The number of imidazole rings is 2. The molecule has 4 rings (SSSR count). The zero-order chi connectivity index (χ0) is 24.8. The van der Waals surface area contributed by atoms with E-state index in [-0.39, 0.29) is 97.6 Å². The maximum Gasteiger partial charge on any atom is 1.00 e. The Hall–Kier alpha value is -2.36. The summed E-state index contributed by atoms with van der Waals surface area (Å²) in [7, 11) is 0. The van der Waals surface area contributed by atoms with E-state index in [9.17, 15) is 39.0 Å². The summed E-state index contributed by atoms with van der Waals surface area (Å²) in [6.07, 6.45) is 5.90. The summed E-state index contributed by atoms with van der Waals surface area (Å²) < 4.78 is 0. The number of rotatable bonds is 8. The average molecular weight is 518 g/mol. The van der Waals surface area contributed by atoms with Crippen LogP contribution in [-0.2, 0) is 41.6 Å². The molecule has 0 bridgehead atoms. The number of nitrogens with one attached hydrogen (secondary N) is 2. The number of carbonyl (C=O) groups is 6. The molecule has 16 heteroatoms. The zero-order valence-electron chi connectivity index (χ0n) is 19.8. The Labute approximate surface area is 248 Å². The quantitative estimate of drug-likeness (QED) is 0.249. The minimum atomic E-state index is -1.44. The van der Waals surface area contributed by atoms with Crippen LogP contribution in [0, 0.1) is 0 Å². The number of aliphatic carboxylic acids is 2. The van der Waals surface area contributed by atoms with Gasteiger partial charge in [0.15, 0.2) is 0 Å². The Morgan fingerprint density at radius 2 is 1.03 bits per heavy atom. The number of aromatic nitrogens is 4. The Bertz CT molecular complexity index is 974. The summed E-state index contributed by atoms with van der Waals surface area (Å²) in [4.78, 5) is 82.3. The predicted molar refractivity (Wildman–Crippen MR) is 104 cm³/mol. The summed E-state index contributed by atoms with van der Waals surface area (Å²) in [5.74, 6) is -4.76. The van der Waals surface area contributed by atoms with Crippen LogP contribution in [-0.4, -0.2) is 77.4 Å². The molecule has 14 nitrogen and oxygen atoms in total. The third-order valence-corrected chi connectivity index (χ3v) is 5.28. The number of carboxylic acid groups (broad SMARTS) is 2. The number of hydrogen-bond donors (Lipinski definition) is 2. The van der Waals surface area contributed by atoms with Gasteiger partial charge in [0.25, 0.3) is 0 Å². The van der Waals surface area contributed by atoms with Gasteiger partial charge in [0.1, 0.15) is 0 Å². The molecule has 180 valence electrons. The van der Waals surface area contributed by atoms with Crippen molar-refractivity contribution in [3.05, 3.63) is 36.4 Å². The number of carbonyl (C=O) groups excluding carboxylic acids is 6. The van der Waals surface area contributed by atoms with E-state index >= 15 is 0 Å². The van der Waals surface area contributed by atoms with Crippen molar-refractivity contribution >= 4 is 35.6 Å². The first-order valence-corrected chi connectivity index (χ1v) is 10.2. The molecular formula is C20H20N6Na2O8. The third kappa shape index (κ3) is 7.82.